The fourth-order valence-electron chi connectivity index (χ4n) is 3.13. The molecule has 1 aliphatic rings. The van der Waals surface area contributed by atoms with Crippen LogP contribution in [-0.4, -0.2) is 30.8 Å². The summed E-state index contributed by atoms with van der Waals surface area (Å²) in [5.41, 5.74) is 4.86. The van der Waals surface area contributed by atoms with Gasteiger partial charge in [0.2, 0.25) is 5.88 Å². The smallest absolute Gasteiger partial charge is 0.273 e. The van der Waals surface area contributed by atoms with Gasteiger partial charge in [-0.15, -0.1) is 0 Å². The Labute approximate surface area is 182 Å². The molecule has 0 saturated heterocycles. The van der Waals surface area contributed by atoms with Crippen LogP contribution < -0.4 is 10.1 Å². The van der Waals surface area contributed by atoms with Crippen molar-refractivity contribution in [2.24, 2.45) is 5.16 Å². The molecule has 1 amide bonds. The van der Waals surface area contributed by atoms with Crippen molar-refractivity contribution in [3.63, 3.8) is 0 Å². The van der Waals surface area contributed by atoms with E-state index in [1.807, 2.05) is 42.5 Å². The van der Waals surface area contributed by atoms with E-state index in [-0.39, 0.29) is 11.6 Å². The number of rotatable bonds is 5. The number of allylic oxidation sites excluding steroid dienone is 3. The summed E-state index contributed by atoms with van der Waals surface area (Å²) in [4.78, 5) is 21.8. The van der Waals surface area contributed by atoms with Crippen LogP contribution in [0.1, 0.15) is 32.4 Å². The highest BCUT2D eigenvalue weighted by Crippen LogP contribution is 2.30. The first-order chi connectivity index (χ1) is 15.0. The minimum atomic E-state index is -0.306. The number of hydrogen-bond donors (Lipinski definition) is 1. The van der Waals surface area contributed by atoms with Crippen molar-refractivity contribution < 1.29 is 14.4 Å². The van der Waals surface area contributed by atoms with Crippen molar-refractivity contribution >= 4 is 11.6 Å². The summed E-state index contributed by atoms with van der Waals surface area (Å²) in [6.07, 6.45) is 1.24. The Hall–Kier alpha value is -3.85. The van der Waals surface area contributed by atoms with Crippen LogP contribution in [0.3, 0.4) is 0 Å². The van der Waals surface area contributed by atoms with Crippen LogP contribution in [0.25, 0.3) is 0 Å². The average Bonchev–Trinajstić information content (AvgIpc) is 2.78. The number of amides is 1. The lowest BCUT2D eigenvalue weighted by Gasteiger charge is -2.20. The maximum atomic E-state index is 12.4. The van der Waals surface area contributed by atoms with E-state index in [0.717, 1.165) is 11.1 Å². The van der Waals surface area contributed by atoms with Crippen LogP contribution in [0.4, 0.5) is 0 Å². The van der Waals surface area contributed by atoms with Crippen LogP contribution in [0.15, 0.2) is 76.0 Å². The Morgan fingerprint density at radius 3 is 2.48 bits per heavy atom. The molecular formula is C25H25N3O3. The highest BCUT2D eigenvalue weighted by Gasteiger charge is 2.24. The van der Waals surface area contributed by atoms with Gasteiger partial charge in [0, 0.05) is 30.7 Å². The molecule has 2 aromatic rings. The first-order valence-electron chi connectivity index (χ1n) is 9.94. The number of ether oxygens (including phenoxy) is 1. The van der Waals surface area contributed by atoms with Gasteiger partial charge in [0.05, 0.1) is 0 Å². The third-order valence-corrected chi connectivity index (χ3v) is 4.92. The Bertz CT molecular complexity index is 1120. The lowest BCUT2D eigenvalue weighted by molar-refractivity contribution is -0.114. The van der Waals surface area contributed by atoms with E-state index in [2.05, 4.69) is 41.1 Å². The van der Waals surface area contributed by atoms with Gasteiger partial charge in [-0.1, -0.05) is 46.5 Å². The fraction of sp³-hybridized carbons (Fsp3) is 0.240. The summed E-state index contributed by atoms with van der Waals surface area (Å²) < 4.78 is 5.79. The minimum absolute atomic E-state index is 0.246. The zero-order chi connectivity index (χ0) is 22.2. The van der Waals surface area contributed by atoms with E-state index in [0.29, 0.717) is 30.2 Å². The van der Waals surface area contributed by atoms with Crippen molar-refractivity contribution in [1.29, 1.82) is 0 Å². The molecular weight excluding hydrogens is 390 g/mol. The molecule has 6 nitrogen and oxygen atoms in total. The fourth-order valence-corrected chi connectivity index (χ4v) is 3.13. The molecule has 158 valence electrons. The van der Waals surface area contributed by atoms with Crippen molar-refractivity contribution in [3.05, 3.63) is 76.5 Å². The second-order valence-corrected chi connectivity index (χ2v) is 7.10. The number of carbonyl (C=O) groups excluding carboxylic acids is 1. The Morgan fingerprint density at radius 1 is 1.03 bits per heavy atom. The van der Waals surface area contributed by atoms with Gasteiger partial charge < -0.3 is 14.9 Å². The van der Waals surface area contributed by atoms with Crippen molar-refractivity contribution in [2.45, 2.75) is 26.7 Å². The van der Waals surface area contributed by atoms with E-state index >= 15 is 0 Å². The summed E-state index contributed by atoms with van der Waals surface area (Å²) >= 11 is 0. The number of aromatic nitrogens is 1. The van der Waals surface area contributed by atoms with Crippen LogP contribution in [-0.2, 0) is 9.63 Å². The van der Waals surface area contributed by atoms with Crippen LogP contribution in [0.5, 0.6) is 11.6 Å². The quantitative estimate of drug-likeness (QED) is 0.340. The van der Waals surface area contributed by atoms with E-state index in [4.69, 9.17) is 9.57 Å². The number of hydrogen-bond acceptors (Lipinski definition) is 5. The molecule has 0 spiro atoms. The summed E-state index contributed by atoms with van der Waals surface area (Å²) in [5.74, 6) is 7.19. The molecule has 1 aromatic carbocycles. The van der Waals surface area contributed by atoms with Crippen LogP contribution in [0.2, 0.25) is 0 Å². The maximum absolute atomic E-state index is 12.4. The molecule has 0 bridgehead atoms. The zero-order valence-electron chi connectivity index (χ0n) is 18.2. The third-order valence-electron chi connectivity index (χ3n) is 4.92. The van der Waals surface area contributed by atoms with Crippen molar-refractivity contribution in [1.82, 2.24) is 10.3 Å². The predicted molar refractivity (Wildman–Crippen MR) is 121 cm³/mol. The average molecular weight is 415 g/mol. The van der Waals surface area contributed by atoms with Crippen molar-refractivity contribution in [3.8, 4) is 23.5 Å². The van der Waals surface area contributed by atoms with Gasteiger partial charge in [0.25, 0.3) is 5.91 Å². The lowest BCUT2D eigenvalue weighted by Crippen LogP contribution is -2.30. The number of nitrogens with one attached hydrogen (secondary N) is 1. The van der Waals surface area contributed by atoms with Crippen LogP contribution in [0, 0.1) is 11.8 Å². The van der Waals surface area contributed by atoms with Gasteiger partial charge in [-0.3, -0.25) is 4.79 Å². The molecule has 31 heavy (non-hydrogen) atoms. The number of para-hydroxylation sites is 1. The molecule has 1 aliphatic carbocycles. The number of carbonyl (C=O) groups is 1. The molecule has 0 atom stereocenters. The summed E-state index contributed by atoms with van der Waals surface area (Å²) in [6.45, 7) is 4.13. The second-order valence-electron chi connectivity index (χ2n) is 7.10. The normalized spacial score (nSPS) is 14.0. The van der Waals surface area contributed by atoms with Crippen LogP contribution >= 0.6 is 0 Å². The first kappa shape index (κ1) is 21.8. The number of pyridine rings is 1. The zero-order valence-corrected chi connectivity index (χ0v) is 18.2. The minimum Gasteiger partial charge on any atom is -0.439 e. The van der Waals surface area contributed by atoms with E-state index in [9.17, 15) is 4.79 Å². The highest BCUT2D eigenvalue weighted by atomic mass is 16.6. The monoisotopic (exact) mass is 415 g/mol. The van der Waals surface area contributed by atoms with Gasteiger partial charge in [0.15, 0.2) is 5.71 Å². The molecule has 0 radical (unpaired) electrons. The van der Waals surface area contributed by atoms with Gasteiger partial charge in [-0.05, 0) is 44.4 Å². The topological polar surface area (TPSA) is 72.8 Å². The van der Waals surface area contributed by atoms with Gasteiger partial charge >= 0.3 is 0 Å². The Balaban J connectivity index is 1.94. The number of nitrogens with zero attached hydrogens (tertiary/aromatic N) is 2. The summed E-state index contributed by atoms with van der Waals surface area (Å²) in [7, 11) is 2.99. The first-order valence-corrected chi connectivity index (χ1v) is 9.94. The summed E-state index contributed by atoms with van der Waals surface area (Å²) in [5, 5.41) is 6.59. The van der Waals surface area contributed by atoms with E-state index in [1.54, 1.807) is 13.1 Å². The molecule has 1 aromatic heterocycles. The van der Waals surface area contributed by atoms with E-state index < -0.39 is 0 Å². The summed E-state index contributed by atoms with van der Waals surface area (Å²) in [6, 6.07) is 14.9. The second kappa shape index (κ2) is 10.3. The Morgan fingerprint density at radius 2 is 1.77 bits per heavy atom. The molecule has 0 fully saturated rings. The lowest BCUT2D eigenvalue weighted by atomic mass is 9.85. The molecule has 0 saturated carbocycles. The molecule has 6 heteroatoms. The van der Waals surface area contributed by atoms with Gasteiger partial charge in [-0.2, -0.15) is 0 Å². The third kappa shape index (κ3) is 5.61. The maximum Gasteiger partial charge on any atom is 0.273 e. The molecule has 1 N–H and O–H groups in total. The molecule has 0 unspecified atom stereocenters. The number of benzene rings is 1. The SMILES string of the molecule is CNC(=O)/C(=N/OC)C1=C(C#Cc2cccc(Oc3ccccc3)n2)CC(C)=C(C)C1. The standard InChI is InChI=1S/C25H25N3O3/c1-17-15-19(22(16-18(17)2)24(28-30-4)25(29)26-3)13-14-20-9-8-12-23(27-20)31-21-10-6-5-7-11-21/h5-12H,15-16H2,1-4H3,(H,26,29)/b28-24+. The molecule has 0 aliphatic heterocycles. The highest BCUT2D eigenvalue weighted by molar-refractivity contribution is 6.45. The van der Waals surface area contributed by atoms with E-state index in [1.165, 1.54) is 18.3 Å². The largest absolute Gasteiger partial charge is 0.439 e. The number of oxime groups is 1. The van der Waals surface area contributed by atoms with Crippen molar-refractivity contribution in [2.75, 3.05) is 14.2 Å². The van der Waals surface area contributed by atoms with Gasteiger partial charge in [-0.25, -0.2) is 4.98 Å². The molecule has 3 rings (SSSR count). The molecule has 1 heterocycles. The Kier molecular flexibility index (Phi) is 7.23. The predicted octanol–water partition coefficient (Wildman–Crippen LogP) is 4.40. The van der Waals surface area contributed by atoms with Gasteiger partial charge in [0.1, 0.15) is 18.6 Å².